The molecule has 10 nitrogen and oxygen atoms in total. The number of piperidine rings is 1. The number of pyridine rings is 1. The van der Waals surface area contributed by atoms with E-state index in [1.54, 1.807) is 64.2 Å². The van der Waals surface area contributed by atoms with E-state index in [-0.39, 0.29) is 37.1 Å². The van der Waals surface area contributed by atoms with Gasteiger partial charge in [0.2, 0.25) is 0 Å². The number of carbonyl (C=O) groups is 1. The minimum atomic E-state index is -4.30. The average molecular weight is 724 g/mol. The summed E-state index contributed by atoms with van der Waals surface area (Å²) in [5.74, 6) is 0. The number of fused-ring (bicyclic) bond motifs is 2. The summed E-state index contributed by atoms with van der Waals surface area (Å²) in [4.78, 5) is 35.6. The quantitative estimate of drug-likeness (QED) is 0.158. The molecule has 0 N–H and O–H groups in total. The smallest absolute Gasteiger partial charge is 0.409 e. The highest BCUT2D eigenvalue weighted by Crippen LogP contribution is 2.29. The Labute approximate surface area is 304 Å². The lowest BCUT2D eigenvalue weighted by Crippen LogP contribution is -2.43. The van der Waals surface area contributed by atoms with Gasteiger partial charge in [0.25, 0.3) is 10.0 Å². The van der Waals surface area contributed by atoms with Gasteiger partial charge in [0.1, 0.15) is 11.5 Å². The van der Waals surface area contributed by atoms with Crippen molar-refractivity contribution in [2.45, 2.75) is 49.8 Å². The number of likely N-dealkylation sites (tertiary alicyclic amines) is 1. The average Bonchev–Trinajstić information content (AvgIpc) is 3.46. The molecule has 1 fully saturated rings. The molecule has 0 spiro atoms. The fourth-order valence-corrected chi connectivity index (χ4v) is 8.38. The number of amides is 1. The molecule has 6 aromatic rings. The van der Waals surface area contributed by atoms with Gasteiger partial charge in [-0.2, -0.15) is 17.5 Å². The summed E-state index contributed by atoms with van der Waals surface area (Å²) in [5.41, 5.74) is 2.87. The maximum Gasteiger partial charge on any atom is 0.409 e. The van der Waals surface area contributed by atoms with Gasteiger partial charge in [-0.15, -0.1) is 0 Å². The van der Waals surface area contributed by atoms with Crippen molar-refractivity contribution in [1.29, 1.82) is 0 Å². The highest BCUT2D eigenvalue weighted by molar-refractivity contribution is 7.90. The Morgan fingerprint density at radius 2 is 1.41 bits per heavy atom. The molecule has 0 radical (unpaired) electrons. The van der Waals surface area contributed by atoms with Crippen LogP contribution in [-0.4, -0.2) is 63.6 Å². The zero-order valence-corrected chi connectivity index (χ0v) is 30.2. The van der Waals surface area contributed by atoms with E-state index in [0.29, 0.717) is 47.9 Å². The number of ether oxygens (including phenoxy) is 1. The lowest BCUT2D eigenvalue weighted by atomic mass is 10.0. The minimum absolute atomic E-state index is 0. The van der Waals surface area contributed by atoms with Gasteiger partial charge in [-0.3, -0.25) is 14.5 Å². The Morgan fingerprint density at radius 3 is 2.06 bits per heavy atom. The lowest BCUT2D eigenvalue weighted by molar-refractivity contribution is 0.0567. The summed E-state index contributed by atoms with van der Waals surface area (Å²) >= 11 is 0. The van der Waals surface area contributed by atoms with Crippen molar-refractivity contribution in [3.63, 3.8) is 0 Å². The number of aromatic nitrogens is 3. The second-order valence-corrected chi connectivity index (χ2v) is 14.5. The molecule has 0 unspecified atom stereocenters. The van der Waals surface area contributed by atoms with Crippen molar-refractivity contribution in [1.82, 2.24) is 23.3 Å². The number of para-hydroxylation sites is 3. The van der Waals surface area contributed by atoms with Gasteiger partial charge in [0.15, 0.2) is 0 Å². The van der Waals surface area contributed by atoms with E-state index in [2.05, 4.69) is 41.1 Å². The number of benzene rings is 4. The molecular formula is C39H41N5O5S2. The zero-order valence-electron chi connectivity index (χ0n) is 28.3. The summed E-state index contributed by atoms with van der Waals surface area (Å²) in [5, 5.41) is 0.666. The van der Waals surface area contributed by atoms with Gasteiger partial charge in [-0.05, 0) is 55.2 Å². The summed E-state index contributed by atoms with van der Waals surface area (Å²) in [6.07, 6.45) is 2.10. The Morgan fingerprint density at radius 1 is 0.824 bits per heavy atom. The van der Waals surface area contributed by atoms with Crippen molar-refractivity contribution in [2.24, 2.45) is 0 Å². The number of carbonyl (C=O) groups excluding carboxylic acids is 1. The molecule has 1 saturated heterocycles. The predicted molar refractivity (Wildman–Crippen MR) is 204 cm³/mol. The van der Waals surface area contributed by atoms with E-state index < -0.39 is 21.8 Å². The van der Waals surface area contributed by atoms with Crippen LogP contribution >= 0.6 is 13.5 Å². The molecule has 12 heteroatoms. The van der Waals surface area contributed by atoms with Crippen molar-refractivity contribution in [3.8, 4) is 0 Å². The van der Waals surface area contributed by atoms with Crippen molar-refractivity contribution in [2.75, 3.05) is 19.7 Å². The van der Waals surface area contributed by atoms with Gasteiger partial charge in [-0.25, -0.2) is 18.0 Å². The number of hydrogen-bond acceptors (Lipinski definition) is 7. The highest BCUT2D eigenvalue weighted by atomic mass is 32.2. The van der Waals surface area contributed by atoms with Gasteiger partial charge >= 0.3 is 11.8 Å². The van der Waals surface area contributed by atoms with Crippen molar-refractivity contribution in [3.05, 3.63) is 143 Å². The standard InChI is InChI=1S/C39H39N5O5S.H2S/c1-29(42(26-30-12-4-2-5-13-30)27-31-14-6-3-7-15-31)28-49-39(46)41-24-21-33(22-25-41)43-34-18-8-9-19-35(34)44(38(43)45)50(47,48)36-20-10-16-32-17-11-23-40-37(32)36;/h2-20,23,29,33H,21-22,24-28H2,1H3;1H2/t29-;/m0./s1. The van der Waals surface area contributed by atoms with Crippen molar-refractivity contribution >= 4 is 51.5 Å². The fourth-order valence-electron chi connectivity index (χ4n) is 6.81. The van der Waals surface area contributed by atoms with Gasteiger partial charge in [0, 0.05) is 49.8 Å². The molecule has 264 valence electrons. The first-order valence-electron chi connectivity index (χ1n) is 16.9. The summed E-state index contributed by atoms with van der Waals surface area (Å²) < 4.78 is 36.6. The molecule has 0 saturated carbocycles. The monoisotopic (exact) mass is 723 g/mol. The molecule has 51 heavy (non-hydrogen) atoms. The molecule has 0 bridgehead atoms. The van der Waals surface area contributed by atoms with Crippen LogP contribution in [0.1, 0.15) is 36.9 Å². The van der Waals surface area contributed by atoms with Crippen LogP contribution in [0.15, 0.2) is 131 Å². The number of hydrogen-bond donors (Lipinski definition) is 0. The van der Waals surface area contributed by atoms with E-state index in [1.807, 2.05) is 36.4 Å². The molecule has 2 aromatic heterocycles. The lowest BCUT2D eigenvalue weighted by Gasteiger charge is -2.33. The van der Waals surface area contributed by atoms with E-state index in [4.69, 9.17) is 4.74 Å². The number of rotatable bonds is 10. The highest BCUT2D eigenvalue weighted by Gasteiger charge is 2.32. The topological polar surface area (TPSA) is 107 Å². The van der Waals surface area contributed by atoms with E-state index in [1.165, 1.54) is 17.2 Å². The van der Waals surface area contributed by atoms with Crippen LogP contribution in [0.2, 0.25) is 0 Å². The molecule has 7 rings (SSSR count). The van der Waals surface area contributed by atoms with Crippen LogP contribution < -0.4 is 5.69 Å². The minimum Gasteiger partial charge on any atom is -0.448 e. The summed E-state index contributed by atoms with van der Waals surface area (Å²) in [7, 11) is -4.30. The van der Waals surface area contributed by atoms with Gasteiger partial charge in [0.05, 0.1) is 16.6 Å². The molecule has 1 amide bonds. The third-order valence-electron chi connectivity index (χ3n) is 9.47. The van der Waals surface area contributed by atoms with Crippen LogP contribution in [0, 0.1) is 0 Å². The normalized spacial score (nSPS) is 14.4. The first kappa shape index (κ1) is 35.9. The van der Waals surface area contributed by atoms with Crippen LogP contribution in [0.3, 0.4) is 0 Å². The third kappa shape index (κ3) is 7.44. The molecular weight excluding hydrogens is 683 g/mol. The summed E-state index contributed by atoms with van der Waals surface area (Å²) in [6.45, 7) is 4.48. The Balaban J connectivity index is 0.00000448. The zero-order chi connectivity index (χ0) is 34.7. The van der Waals surface area contributed by atoms with Crippen LogP contribution in [0.4, 0.5) is 4.79 Å². The Bertz CT molecular complexity index is 2240. The van der Waals surface area contributed by atoms with Gasteiger partial charge < -0.3 is 9.64 Å². The van der Waals surface area contributed by atoms with Crippen LogP contribution in [0.5, 0.6) is 0 Å². The largest absolute Gasteiger partial charge is 0.448 e. The molecule has 3 heterocycles. The second-order valence-electron chi connectivity index (χ2n) is 12.8. The molecule has 0 aliphatic carbocycles. The maximum absolute atomic E-state index is 14.1. The SMILES string of the molecule is C[C@@H](COC(=O)N1CCC(n2c(=O)n(S(=O)(=O)c3cccc4cccnc34)c3ccccc32)CC1)N(Cc1ccccc1)Cc1ccccc1.S. The Kier molecular flexibility index (Phi) is 10.9. The first-order chi connectivity index (χ1) is 24.3. The number of nitrogens with zero attached hydrogens (tertiary/aromatic N) is 5. The fraction of sp³-hybridized carbons (Fsp3) is 0.256. The van der Waals surface area contributed by atoms with E-state index in [0.717, 1.165) is 17.1 Å². The predicted octanol–water partition coefficient (Wildman–Crippen LogP) is 6.57. The maximum atomic E-state index is 14.1. The van der Waals surface area contributed by atoms with E-state index >= 15 is 0 Å². The molecule has 1 aliphatic rings. The van der Waals surface area contributed by atoms with Crippen LogP contribution in [-0.2, 0) is 27.8 Å². The van der Waals surface area contributed by atoms with E-state index in [9.17, 15) is 18.0 Å². The molecule has 1 atom stereocenters. The molecule has 1 aliphatic heterocycles. The molecule has 4 aromatic carbocycles. The second kappa shape index (κ2) is 15.5. The first-order valence-corrected chi connectivity index (χ1v) is 18.3. The number of imidazole rings is 1. The third-order valence-corrected chi connectivity index (χ3v) is 11.2. The Hall–Kier alpha value is -4.91. The van der Waals surface area contributed by atoms with Crippen LogP contribution in [0.25, 0.3) is 21.9 Å². The van der Waals surface area contributed by atoms with Gasteiger partial charge in [-0.1, -0.05) is 91.0 Å². The van der Waals surface area contributed by atoms with Crippen molar-refractivity contribution < 1.29 is 17.9 Å². The summed E-state index contributed by atoms with van der Waals surface area (Å²) in [6, 6.07) is 35.5.